The predicted molar refractivity (Wildman–Crippen MR) is 61.6 cm³/mol. The molecule has 0 unspecified atom stereocenters. The molecule has 0 amide bonds. The summed E-state index contributed by atoms with van der Waals surface area (Å²) in [6.45, 7) is 8.76. The van der Waals surface area contributed by atoms with Gasteiger partial charge < -0.3 is 5.32 Å². The second-order valence-corrected chi connectivity index (χ2v) is 4.45. The van der Waals surface area contributed by atoms with E-state index in [0.717, 1.165) is 0 Å². The van der Waals surface area contributed by atoms with Crippen molar-refractivity contribution < 1.29 is 0 Å². The number of pyridine rings is 1. The van der Waals surface area contributed by atoms with Crippen LogP contribution in [-0.4, -0.2) is 10.5 Å². The lowest BCUT2D eigenvalue weighted by atomic mass is 9.98. The summed E-state index contributed by atoms with van der Waals surface area (Å²) in [7, 11) is 0. The van der Waals surface area contributed by atoms with Crippen molar-refractivity contribution in [1.29, 1.82) is 0 Å². The van der Waals surface area contributed by atoms with Crippen LogP contribution in [0.25, 0.3) is 0 Å². The van der Waals surface area contributed by atoms with Gasteiger partial charge in [0.15, 0.2) is 0 Å². The summed E-state index contributed by atoms with van der Waals surface area (Å²) in [5.41, 5.74) is 2.57. The number of aryl methyl sites for hydroxylation is 1. The highest BCUT2D eigenvalue weighted by Crippen LogP contribution is 2.21. The average molecular weight is 192 g/mol. The molecule has 0 aliphatic rings. The molecule has 0 aliphatic carbocycles. The van der Waals surface area contributed by atoms with Gasteiger partial charge in [-0.15, -0.1) is 0 Å². The van der Waals surface area contributed by atoms with Gasteiger partial charge in [0.2, 0.25) is 0 Å². The maximum Gasteiger partial charge on any atom is 0.0404 e. The number of anilines is 1. The van der Waals surface area contributed by atoms with E-state index < -0.39 is 0 Å². The maximum absolute atomic E-state index is 4.08. The molecule has 0 saturated heterocycles. The van der Waals surface area contributed by atoms with Crippen LogP contribution in [0.1, 0.15) is 39.2 Å². The van der Waals surface area contributed by atoms with E-state index in [-0.39, 0.29) is 5.54 Å². The lowest BCUT2D eigenvalue weighted by molar-refractivity contribution is 0.510. The fraction of sp³-hybridized carbons (Fsp3) is 0.583. The van der Waals surface area contributed by atoms with Gasteiger partial charge in [-0.1, -0.05) is 13.3 Å². The molecule has 2 nitrogen and oxygen atoms in total. The van der Waals surface area contributed by atoms with Crippen LogP contribution >= 0.6 is 0 Å². The number of hydrogen-bond donors (Lipinski definition) is 1. The van der Waals surface area contributed by atoms with Gasteiger partial charge >= 0.3 is 0 Å². The Labute approximate surface area is 86.8 Å². The van der Waals surface area contributed by atoms with Crippen molar-refractivity contribution in [2.45, 2.75) is 46.1 Å². The van der Waals surface area contributed by atoms with Crippen LogP contribution in [-0.2, 0) is 0 Å². The summed E-state index contributed by atoms with van der Waals surface area (Å²) in [4.78, 5) is 4.08. The molecular weight excluding hydrogens is 172 g/mol. The van der Waals surface area contributed by atoms with Crippen molar-refractivity contribution in [2.24, 2.45) is 0 Å². The first-order valence-corrected chi connectivity index (χ1v) is 5.24. The zero-order valence-electron chi connectivity index (χ0n) is 9.59. The first kappa shape index (κ1) is 11.0. The van der Waals surface area contributed by atoms with Crippen molar-refractivity contribution in [1.82, 2.24) is 4.98 Å². The predicted octanol–water partition coefficient (Wildman–Crippen LogP) is 3.38. The van der Waals surface area contributed by atoms with Crippen LogP contribution in [0.15, 0.2) is 18.5 Å². The minimum absolute atomic E-state index is 0.168. The summed E-state index contributed by atoms with van der Waals surface area (Å²) in [6.07, 6.45) is 6.10. The van der Waals surface area contributed by atoms with E-state index in [9.17, 15) is 0 Å². The number of aromatic nitrogens is 1. The Morgan fingerprint density at radius 3 is 2.71 bits per heavy atom. The van der Waals surface area contributed by atoms with Gasteiger partial charge in [0.25, 0.3) is 0 Å². The normalized spacial score (nSPS) is 11.4. The molecule has 1 rings (SSSR count). The molecular formula is C12H20N2. The molecule has 0 aliphatic heterocycles. The van der Waals surface area contributed by atoms with Crippen LogP contribution in [0.3, 0.4) is 0 Å². The van der Waals surface area contributed by atoms with Crippen LogP contribution in [0, 0.1) is 6.92 Å². The second kappa shape index (κ2) is 4.45. The highest BCUT2D eigenvalue weighted by molar-refractivity contribution is 5.50. The number of nitrogens with zero attached hydrogens (tertiary/aromatic N) is 1. The molecule has 0 aromatic carbocycles. The second-order valence-electron chi connectivity index (χ2n) is 4.45. The van der Waals surface area contributed by atoms with Crippen molar-refractivity contribution in [3.8, 4) is 0 Å². The van der Waals surface area contributed by atoms with Gasteiger partial charge in [0, 0.05) is 23.6 Å². The third-order valence-electron chi connectivity index (χ3n) is 2.37. The summed E-state index contributed by atoms with van der Waals surface area (Å²) in [6, 6.07) is 2.03. The Kier molecular flexibility index (Phi) is 3.50. The standard InChI is InChI=1S/C12H20N2/c1-5-7-12(3,4)14-11-6-8-13-9-10(11)2/h6,8-9H,5,7H2,1-4H3,(H,13,14). The van der Waals surface area contributed by atoms with Crippen molar-refractivity contribution >= 4 is 5.69 Å². The lowest BCUT2D eigenvalue weighted by Crippen LogP contribution is -2.30. The summed E-state index contributed by atoms with van der Waals surface area (Å²) >= 11 is 0. The molecule has 14 heavy (non-hydrogen) atoms. The highest BCUT2D eigenvalue weighted by Gasteiger charge is 2.16. The first-order chi connectivity index (χ1) is 6.55. The Morgan fingerprint density at radius 2 is 2.14 bits per heavy atom. The SMILES string of the molecule is CCCC(C)(C)Nc1ccncc1C. The number of nitrogens with one attached hydrogen (secondary N) is 1. The zero-order valence-corrected chi connectivity index (χ0v) is 9.59. The molecule has 1 aromatic heterocycles. The summed E-state index contributed by atoms with van der Waals surface area (Å²) < 4.78 is 0. The van der Waals surface area contributed by atoms with E-state index in [1.807, 2.05) is 18.5 Å². The molecule has 0 atom stereocenters. The Hall–Kier alpha value is -1.05. The quantitative estimate of drug-likeness (QED) is 0.791. The fourth-order valence-corrected chi connectivity index (χ4v) is 1.67. The third kappa shape index (κ3) is 3.02. The van der Waals surface area contributed by atoms with Gasteiger partial charge in [0.1, 0.15) is 0 Å². The fourth-order valence-electron chi connectivity index (χ4n) is 1.67. The van der Waals surface area contributed by atoms with Crippen molar-refractivity contribution in [2.75, 3.05) is 5.32 Å². The molecule has 0 bridgehead atoms. The molecule has 78 valence electrons. The van der Waals surface area contributed by atoms with Crippen molar-refractivity contribution in [3.63, 3.8) is 0 Å². The topological polar surface area (TPSA) is 24.9 Å². The minimum atomic E-state index is 0.168. The van der Waals surface area contributed by atoms with E-state index in [2.05, 4.69) is 38.0 Å². The smallest absolute Gasteiger partial charge is 0.0404 e. The Bertz CT molecular complexity index is 292. The van der Waals surface area contributed by atoms with E-state index in [1.165, 1.54) is 24.1 Å². The van der Waals surface area contributed by atoms with Gasteiger partial charge in [-0.05, 0) is 38.8 Å². The number of rotatable bonds is 4. The molecule has 0 radical (unpaired) electrons. The molecule has 1 heterocycles. The maximum atomic E-state index is 4.08. The van der Waals surface area contributed by atoms with Crippen molar-refractivity contribution in [3.05, 3.63) is 24.0 Å². The highest BCUT2D eigenvalue weighted by atomic mass is 15.0. The zero-order chi connectivity index (χ0) is 10.6. The Morgan fingerprint density at radius 1 is 1.43 bits per heavy atom. The van der Waals surface area contributed by atoms with Gasteiger partial charge in [-0.25, -0.2) is 0 Å². The molecule has 1 N–H and O–H groups in total. The van der Waals surface area contributed by atoms with E-state index in [0.29, 0.717) is 0 Å². The van der Waals surface area contributed by atoms with Gasteiger partial charge in [0.05, 0.1) is 0 Å². The van der Waals surface area contributed by atoms with Gasteiger partial charge in [-0.3, -0.25) is 4.98 Å². The number of hydrogen-bond acceptors (Lipinski definition) is 2. The summed E-state index contributed by atoms with van der Waals surface area (Å²) in [5, 5.41) is 3.55. The van der Waals surface area contributed by atoms with E-state index in [1.54, 1.807) is 0 Å². The van der Waals surface area contributed by atoms with E-state index in [4.69, 9.17) is 0 Å². The first-order valence-electron chi connectivity index (χ1n) is 5.24. The molecule has 1 aromatic rings. The van der Waals surface area contributed by atoms with E-state index >= 15 is 0 Å². The third-order valence-corrected chi connectivity index (χ3v) is 2.37. The minimum Gasteiger partial charge on any atom is -0.380 e. The average Bonchev–Trinajstić information content (AvgIpc) is 2.08. The molecule has 0 saturated carbocycles. The van der Waals surface area contributed by atoms with Crippen LogP contribution in [0.5, 0.6) is 0 Å². The molecule has 0 fully saturated rings. The summed E-state index contributed by atoms with van der Waals surface area (Å²) in [5.74, 6) is 0. The monoisotopic (exact) mass is 192 g/mol. The largest absolute Gasteiger partial charge is 0.380 e. The molecule has 0 spiro atoms. The Balaban J connectivity index is 2.73. The molecule has 2 heteroatoms. The van der Waals surface area contributed by atoms with Crippen LogP contribution in [0.4, 0.5) is 5.69 Å². The van der Waals surface area contributed by atoms with Gasteiger partial charge in [-0.2, -0.15) is 0 Å². The lowest BCUT2D eigenvalue weighted by Gasteiger charge is -2.27. The van der Waals surface area contributed by atoms with Crippen LogP contribution < -0.4 is 5.32 Å². The van der Waals surface area contributed by atoms with Crippen LogP contribution in [0.2, 0.25) is 0 Å².